The summed E-state index contributed by atoms with van der Waals surface area (Å²) in [6.07, 6.45) is 0.0312. The second-order valence-corrected chi connectivity index (χ2v) is 2.63. The molecule has 1 rings (SSSR count). The van der Waals surface area contributed by atoms with Crippen LogP contribution in [0, 0.1) is 0 Å². The van der Waals surface area contributed by atoms with E-state index < -0.39 is 5.92 Å². The first-order valence-electron chi connectivity index (χ1n) is 4.66. The van der Waals surface area contributed by atoms with Crippen LogP contribution < -0.4 is 56.5 Å². The Kier molecular flexibility index (Phi) is 18.5. The van der Waals surface area contributed by atoms with Crippen molar-refractivity contribution in [3.63, 3.8) is 0 Å². The third-order valence-corrected chi connectivity index (χ3v) is 1.36. The van der Waals surface area contributed by atoms with Crippen molar-refractivity contribution in [2.75, 3.05) is 26.7 Å². The summed E-state index contributed by atoms with van der Waals surface area (Å²) in [7, 11) is 1.71. The zero-order valence-corrected chi connectivity index (χ0v) is 13.1. The topological polar surface area (TPSA) is 26.3 Å². The van der Waals surface area contributed by atoms with Crippen LogP contribution in [0.2, 0.25) is 0 Å². The van der Waals surface area contributed by atoms with Gasteiger partial charge in [-0.25, -0.2) is 8.78 Å². The second kappa shape index (κ2) is 12.5. The molecule has 2 nitrogen and oxygen atoms in total. The molecule has 82 valence electrons. The number of hydrogen-bond acceptors (Lipinski definition) is 2. The van der Waals surface area contributed by atoms with E-state index in [0.717, 1.165) is 0 Å². The van der Waals surface area contributed by atoms with Crippen molar-refractivity contribution in [3.8, 4) is 0 Å². The van der Waals surface area contributed by atoms with Gasteiger partial charge in [0.05, 0.1) is 6.54 Å². The molecule has 0 aromatic carbocycles. The van der Waals surface area contributed by atoms with Gasteiger partial charge in [-0.1, -0.05) is 20.8 Å². The molecular weight excluding hydrogens is 215 g/mol. The first-order valence-corrected chi connectivity index (χ1v) is 4.66. The van der Waals surface area contributed by atoms with Crippen LogP contribution in [0.25, 0.3) is 0 Å². The van der Waals surface area contributed by atoms with Crippen LogP contribution >= 0.6 is 0 Å². The molecule has 0 bridgehead atoms. The zero-order valence-electron chi connectivity index (χ0n) is 9.94. The van der Waals surface area contributed by atoms with Gasteiger partial charge in [-0.2, -0.15) is 0 Å². The van der Waals surface area contributed by atoms with Gasteiger partial charge < -0.3 is 10.0 Å². The van der Waals surface area contributed by atoms with Gasteiger partial charge in [0, 0.05) is 13.0 Å². The molecule has 0 spiro atoms. The van der Waals surface area contributed by atoms with E-state index in [1.54, 1.807) is 18.9 Å². The van der Waals surface area contributed by atoms with Crippen molar-refractivity contribution in [1.29, 1.82) is 0 Å². The molecule has 0 amide bonds. The number of hydrogen-bond donors (Lipinski definition) is 0. The van der Waals surface area contributed by atoms with E-state index in [-0.39, 0.29) is 71.0 Å². The zero-order chi connectivity index (χ0) is 10.9. The Morgan fingerprint density at radius 1 is 1.36 bits per heavy atom. The normalized spacial score (nSPS) is 18.2. The quantitative estimate of drug-likeness (QED) is 0.471. The van der Waals surface area contributed by atoms with Gasteiger partial charge in [-0.3, -0.25) is 0 Å². The second-order valence-electron chi connectivity index (χ2n) is 2.63. The van der Waals surface area contributed by atoms with Crippen LogP contribution in [0.1, 0.15) is 27.2 Å². The van der Waals surface area contributed by atoms with Crippen molar-refractivity contribution >= 4 is 0 Å². The Balaban J connectivity index is -0.000000176. The minimum atomic E-state index is -2.41. The molecule has 1 aliphatic heterocycles. The molecule has 0 radical (unpaired) electrons. The third kappa shape index (κ3) is 13.4. The van der Waals surface area contributed by atoms with Gasteiger partial charge in [-0.05, 0) is 7.05 Å². The number of halogens is 2. The predicted octanol–water partition coefficient (Wildman–Crippen LogP) is -1.65. The Bertz CT molecular complexity index is 115. The first kappa shape index (κ1) is 20.8. The van der Waals surface area contributed by atoms with E-state index in [4.69, 9.17) is 5.11 Å². The van der Waals surface area contributed by atoms with Crippen LogP contribution in [-0.4, -0.2) is 37.6 Å². The summed E-state index contributed by atoms with van der Waals surface area (Å²) in [4.78, 5) is 1.64. The standard InChI is InChI=1S/C5H9F2N.C2H5O.C2H6.K/c1-8-3-2-5(6,7)4-8;1-2-3;1-2;/h2-4H2,1H3;2H2,1H3;1-2H3;/q;-1;;+1. The number of alkyl halides is 2. The molecule has 0 atom stereocenters. The van der Waals surface area contributed by atoms with Gasteiger partial charge in [-0.15, -0.1) is 6.61 Å². The van der Waals surface area contributed by atoms with Gasteiger partial charge in [0.15, 0.2) is 0 Å². The van der Waals surface area contributed by atoms with E-state index in [0.29, 0.717) is 6.54 Å². The Labute approximate surface area is 128 Å². The summed E-state index contributed by atoms with van der Waals surface area (Å²) in [5.74, 6) is -2.41. The summed E-state index contributed by atoms with van der Waals surface area (Å²) < 4.78 is 24.3. The van der Waals surface area contributed by atoms with Crippen molar-refractivity contribution in [3.05, 3.63) is 0 Å². The van der Waals surface area contributed by atoms with Gasteiger partial charge >= 0.3 is 51.4 Å². The van der Waals surface area contributed by atoms with Gasteiger partial charge in [0.1, 0.15) is 0 Å². The van der Waals surface area contributed by atoms with Crippen LogP contribution in [0.5, 0.6) is 0 Å². The summed E-state index contributed by atoms with van der Waals surface area (Å²) in [5, 5.41) is 8.93. The van der Waals surface area contributed by atoms with Crippen LogP contribution in [-0.2, 0) is 0 Å². The fraction of sp³-hybridized carbons (Fsp3) is 1.00. The predicted molar refractivity (Wildman–Crippen MR) is 49.0 cm³/mol. The summed E-state index contributed by atoms with van der Waals surface area (Å²) in [6.45, 7) is 6.04. The number of rotatable bonds is 0. The van der Waals surface area contributed by atoms with Crippen LogP contribution in [0.15, 0.2) is 0 Å². The van der Waals surface area contributed by atoms with E-state index in [9.17, 15) is 8.78 Å². The number of likely N-dealkylation sites (tertiary alicyclic amines) is 1. The summed E-state index contributed by atoms with van der Waals surface area (Å²) >= 11 is 0. The largest absolute Gasteiger partial charge is 1.00 e. The molecule has 0 saturated carbocycles. The van der Waals surface area contributed by atoms with Crippen LogP contribution in [0.3, 0.4) is 0 Å². The molecule has 0 aromatic heterocycles. The minimum absolute atomic E-state index is 0. The van der Waals surface area contributed by atoms with E-state index in [1.165, 1.54) is 0 Å². The maximum atomic E-state index is 12.2. The third-order valence-electron chi connectivity index (χ3n) is 1.36. The molecule has 14 heavy (non-hydrogen) atoms. The maximum Gasteiger partial charge on any atom is 1.00 e. The fourth-order valence-electron chi connectivity index (χ4n) is 0.907. The fourth-order valence-corrected chi connectivity index (χ4v) is 0.907. The van der Waals surface area contributed by atoms with Crippen molar-refractivity contribution < 1.29 is 65.3 Å². The Morgan fingerprint density at radius 2 is 1.71 bits per heavy atom. The molecule has 0 aromatic rings. The Morgan fingerprint density at radius 3 is 1.79 bits per heavy atom. The smallest absolute Gasteiger partial charge is 0.855 e. The molecular formula is C9H20F2KNO. The van der Waals surface area contributed by atoms with E-state index in [2.05, 4.69) is 0 Å². The maximum absolute atomic E-state index is 12.2. The average molecular weight is 235 g/mol. The molecule has 1 saturated heterocycles. The van der Waals surface area contributed by atoms with E-state index >= 15 is 0 Å². The summed E-state index contributed by atoms with van der Waals surface area (Å²) in [6, 6.07) is 0. The van der Waals surface area contributed by atoms with Crippen molar-refractivity contribution in [2.45, 2.75) is 33.1 Å². The molecule has 0 unspecified atom stereocenters. The first-order chi connectivity index (χ1) is 6.02. The average Bonchev–Trinajstić information content (AvgIpc) is 2.35. The number of nitrogens with zero attached hydrogens (tertiary/aromatic N) is 1. The van der Waals surface area contributed by atoms with Crippen molar-refractivity contribution in [2.24, 2.45) is 0 Å². The Hall–Kier alpha value is 1.42. The summed E-state index contributed by atoms with van der Waals surface area (Å²) in [5.41, 5.74) is 0. The minimum Gasteiger partial charge on any atom is -0.855 e. The van der Waals surface area contributed by atoms with Crippen molar-refractivity contribution in [1.82, 2.24) is 4.90 Å². The molecule has 1 aliphatic rings. The molecule has 0 N–H and O–H groups in total. The SMILES string of the molecule is CC.CC[O-].CN1CCC(F)(F)C1.[K+]. The van der Waals surface area contributed by atoms with Crippen LogP contribution in [0.4, 0.5) is 8.78 Å². The molecule has 1 fully saturated rings. The molecule has 5 heteroatoms. The monoisotopic (exact) mass is 235 g/mol. The van der Waals surface area contributed by atoms with Gasteiger partial charge in [0.25, 0.3) is 5.92 Å². The van der Waals surface area contributed by atoms with E-state index in [1.807, 2.05) is 13.8 Å². The molecule has 0 aliphatic carbocycles. The molecule has 1 heterocycles. The van der Waals surface area contributed by atoms with Gasteiger partial charge in [0.2, 0.25) is 0 Å².